The van der Waals surface area contributed by atoms with Crippen molar-refractivity contribution in [1.29, 1.82) is 0 Å². The van der Waals surface area contributed by atoms with Gasteiger partial charge in [0.15, 0.2) is 0 Å². The number of sulfonamides is 1. The highest BCUT2D eigenvalue weighted by Crippen LogP contribution is 2.31. The van der Waals surface area contributed by atoms with Crippen molar-refractivity contribution in [3.8, 4) is 5.75 Å². The van der Waals surface area contributed by atoms with E-state index in [-0.39, 0.29) is 22.7 Å². The number of aryl methyl sites for hydroxylation is 1. The van der Waals surface area contributed by atoms with Gasteiger partial charge in [0, 0.05) is 18.7 Å². The fraction of sp³-hybridized carbons (Fsp3) is 0.310. The van der Waals surface area contributed by atoms with E-state index in [0.29, 0.717) is 23.2 Å². The van der Waals surface area contributed by atoms with Crippen molar-refractivity contribution < 1.29 is 27.1 Å². The van der Waals surface area contributed by atoms with Gasteiger partial charge in [-0.05, 0) is 72.6 Å². The molecule has 3 aromatic carbocycles. The van der Waals surface area contributed by atoms with E-state index in [1.807, 2.05) is 13.8 Å². The lowest BCUT2D eigenvalue weighted by atomic mass is 10.1. The first kappa shape index (κ1) is 31.1. The fourth-order valence-electron chi connectivity index (χ4n) is 3.96. The third-order valence-electron chi connectivity index (χ3n) is 6.33. The molecular formula is C29H33BrFN3O5S. The van der Waals surface area contributed by atoms with E-state index in [0.717, 1.165) is 9.87 Å². The van der Waals surface area contributed by atoms with E-state index < -0.39 is 40.2 Å². The standard InChI is InChI=1S/C29H33BrFN3O5S/c1-5-16-32-29(36)21(3)33(18-22-8-6-7-9-26(22)31)28(35)19-34(23-12-10-20(2)11-13-23)40(37,38)24-14-15-27(39-4)25(30)17-24/h6-15,17,21H,5,16,18-19H2,1-4H3,(H,32,36)/t21-/m1/s1. The van der Waals surface area contributed by atoms with E-state index in [2.05, 4.69) is 21.2 Å². The van der Waals surface area contributed by atoms with E-state index >= 15 is 0 Å². The SMILES string of the molecule is CCCNC(=O)[C@@H](C)N(Cc1ccccc1F)C(=O)CN(c1ccc(C)cc1)S(=O)(=O)c1ccc(OC)c(Br)c1. The number of hydrogen-bond acceptors (Lipinski definition) is 5. The molecule has 2 amide bonds. The Morgan fingerprint density at radius 2 is 1.75 bits per heavy atom. The van der Waals surface area contributed by atoms with Crippen LogP contribution in [0.1, 0.15) is 31.4 Å². The zero-order valence-electron chi connectivity index (χ0n) is 22.9. The average Bonchev–Trinajstić information content (AvgIpc) is 2.94. The largest absolute Gasteiger partial charge is 0.496 e. The second-order valence-electron chi connectivity index (χ2n) is 9.22. The fourth-order valence-corrected chi connectivity index (χ4v) is 6.10. The molecule has 0 fully saturated rings. The van der Waals surface area contributed by atoms with Crippen LogP contribution in [-0.4, -0.2) is 51.4 Å². The quantitative estimate of drug-likeness (QED) is 0.301. The van der Waals surface area contributed by atoms with E-state index in [4.69, 9.17) is 4.74 Å². The molecule has 11 heteroatoms. The maximum absolute atomic E-state index is 14.6. The van der Waals surface area contributed by atoms with Crippen molar-refractivity contribution >= 4 is 43.5 Å². The summed E-state index contributed by atoms with van der Waals surface area (Å²) < 4.78 is 49.1. The number of anilines is 1. The second kappa shape index (κ2) is 13.8. The number of nitrogens with one attached hydrogen (secondary N) is 1. The highest BCUT2D eigenvalue weighted by atomic mass is 79.9. The summed E-state index contributed by atoms with van der Waals surface area (Å²) in [6.45, 7) is 4.86. The van der Waals surface area contributed by atoms with Crippen LogP contribution in [0.15, 0.2) is 76.1 Å². The molecule has 0 unspecified atom stereocenters. The Kier molecular flexibility index (Phi) is 10.7. The van der Waals surface area contributed by atoms with Crippen molar-refractivity contribution in [3.63, 3.8) is 0 Å². The summed E-state index contributed by atoms with van der Waals surface area (Å²) >= 11 is 3.33. The Morgan fingerprint density at radius 1 is 1.07 bits per heavy atom. The van der Waals surface area contributed by atoms with E-state index in [9.17, 15) is 22.4 Å². The number of carbonyl (C=O) groups is 2. The predicted octanol–water partition coefficient (Wildman–Crippen LogP) is 5.04. The van der Waals surface area contributed by atoms with Gasteiger partial charge >= 0.3 is 0 Å². The molecule has 3 aromatic rings. The molecule has 1 N–H and O–H groups in total. The maximum atomic E-state index is 14.6. The molecule has 0 saturated carbocycles. The molecule has 40 heavy (non-hydrogen) atoms. The van der Waals surface area contributed by atoms with Crippen molar-refractivity contribution in [3.05, 3.63) is 88.1 Å². The van der Waals surface area contributed by atoms with Crippen molar-refractivity contribution in [2.24, 2.45) is 0 Å². The summed E-state index contributed by atoms with van der Waals surface area (Å²) in [6, 6.07) is 16.0. The molecule has 1 atom stereocenters. The van der Waals surface area contributed by atoms with Crippen LogP contribution in [-0.2, 0) is 26.2 Å². The van der Waals surface area contributed by atoms with Gasteiger partial charge in [-0.2, -0.15) is 0 Å². The molecule has 0 heterocycles. The topological polar surface area (TPSA) is 96.0 Å². The molecule has 0 aromatic heterocycles. The summed E-state index contributed by atoms with van der Waals surface area (Å²) in [4.78, 5) is 27.9. The number of halogens is 2. The van der Waals surface area contributed by atoms with Gasteiger partial charge in [-0.25, -0.2) is 12.8 Å². The number of methoxy groups -OCH3 is 1. The number of nitrogens with zero attached hydrogens (tertiary/aromatic N) is 2. The minimum Gasteiger partial charge on any atom is -0.496 e. The number of amides is 2. The molecular weight excluding hydrogens is 601 g/mol. The molecule has 0 saturated heterocycles. The van der Waals surface area contributed by atoms with Crippen molar-refractivity contribution in [1.82, 2.24) is 10.2 Å². The number of carbonyl (C=O) groups excluding carboxylic acids is 2. The zero-order chi connectivity index (χ0) is 29.4. The molecule has 0 aliphatic rings. The molecule has 214 valence electrons. The van der Waals surface area contributed by atoms with E-state index in [1.165, 1.54) is 55.3 Å². The smallest absolute Gasteiger partial charge is 0.264 e. The van der Waals surface area contributed by atoms with Gasteiger partial charge in [0.05, 0.1) is 22.2 Å². The van der Waals surface area contributed by atoms with Crippen LogP contribution >= 0.6 is 15.9 Å². The highest BCUT2D eigenvalue weighted by Gasteiger charge is 2.33. The lowest BCUT2D eigenvalue weighted by molar-refractivity contribution is -0.139. The Labute approximate surface area is 243 Å². The van der Waals surface area contributed by atoms with Crippen LogP contribution in [0.25, 0.3) is 0 Å². The summed E-state index contributed by atoms with van der Waals surface area (Å²) in [7, 11) is -2.79. The van der Waals surface area contributed by atoms with Gasteiger partial charge in [-0.3, -0.25) is 13.9 Å². The average molecular weight is 635 g/mol. The number of benzene rings is 3. The number of rotatable bonds is 12. The maximum Gasteiger partial charge on any atom is 0.264 e. The van der Waals surface area contributed by atoms with Gasteiger partial charge in [0.1, 0.15) is 24.2 Å². The molecule has 0 aliphatic carbocycles. The lowest BCUT2D eigenvalue weighted by Gasteiger charge is -2.32. The van der Waals surface area contributed by atoms with Crippen molar-refractivity contribution in [2.75, 3.05) is 24.5 Å². The van der Waals surface area contributed by atoms with E-state index in [1.54, 1.807) is 30.3 Å². The predicted molar refractivity (Wildman–Crippen MR) is 156 cm³/mol. The van der Waals surface area contributed by atoms with Crippen LogP contribution in [0.5, 0.6) is 5.75 Å². The molecule has 0 bridgehead atoms. The lowest BCUT2D eigenvalue weighted by Crippen LogP contribution is -2.51. The Morgan fingerprint density at radius 3 is 2.35 bits per heavy atom. The Hall–Kier alpha value is -3.44. The Balaban J connectivity index is 2.05. The van der Waals surface area contributed by atoms with Crippen LogP contribution in [0.3, 0.4) is 0 Å². The normalized spacial score (nSPS) is 11.9. The van der Waals surface area contributed by atoms with Crippen LogP contribution in [0.4, 0.5) is 10.1 Å². The van der Waals surface area contributed by atoms with Crippen molar-refractivity contribution in [2.45, 2.75) is 44.7 Å². The zero-order valence-corrected chi connectivity index (χ0v) is 25.3. The summed E-state index contributed by atoms with van der Waals surface area (Å²) in [5, 5.41) is 2.76. The highest BCUT2D eigenvalue weighted by molar-refractivity contribution is 9.10. The monoisotopic (exact) mass is 633 g/mol. The van der Waals surface area contributed by atoms with Gasteiger partial charge in [-0.1, -0.05) is 42.8 Å². The third-order valence-corrected chi connectivity index (χ3v) is 8.72. The molecule has 3 rings (SSSR count). The Bertz CT molecular complexity index is 1450. The first-order valence-electron chi connectivity index (χ1n) is 12.7. The molecule has 8 nitrogen and oxygen atoms in total. The molecule has 0 spiro atoms. The van der Waals surface area contributed by atoms with Crippen LogP contribution in [0.2, 0.25) is 0 Å². The van der Waals surface area contributed by atoms with Crippen LogP contribution in [0, 0.1) is 12.7 Å². The van der Waals surface area contributed by atoms with Gasteiger partial charge < -0.3 is 15.0 Å². The van der Waals surface area contributed by atoms with Gasteiger partial charge in [0.25, 0.3) is 10.0 Å². The van der Waals surface area contributed by atoms with Gasteiger partial charge in [0.2, 0.25) is 11.8 Å². The first-order chi connectivity index (χ1) is 19.0. The third kappa shape index (κ3) is 7.39. The summed E-state index contributed by atoms with van der Waals surface area (Å²) in [5.74, 6) is -1.18. The van der Waals surface area contributed by atoms with Crippen LogP contribution < -0.4 is 14.4 Å². The number of ether oxygens (including phenoxy) is 1. The first-order valence-corrected chi connectivity index (χ1v) is 15.0. The number of hydrogen-bond donors (Lipinski definition) is 1. The summed E-state index contributed by atoms with van der Waals surface area (Å²) in [5.41, 5.74) is 1.37. The summed E-state index contributed by atoms with van der Waals surface area (Å²) in [6.07, 6.45) is 0.691. The molecule has 0 aliphatic heterocycles. The minimum atomic E-state index is -4.26. The minimum absolute atomic E-state index is 0.0667. The second-order valence-corrected chi connectivity index (χ2v) is 11.9. The molecule has 0 radical (unpaired) electrons. The van der Waals surface area contributed by atoms with Gasteiger partial charge in [-0.15, -0.1) is 0 Å².